The van der Waals surface area contributed by atoms with Crippen LogP contribution in [0, 0.1) is 0 Å². The fourth-order valence-electron chi connectivity index (χ4n) is 2.04. The van der Waals surface area contributed by atoms with Gasteiger partial charge in [0, 0.05) is 22.2 Å². The Bertz CT molecular complexity index is 784. The van der Waals surface area contributed by atoms with Crippen LogP contribution < -0.4 is 5.32 Å². The van der Waals surface area contributed by atoms with Crippen molar-refractivity contribution in [3.8, 4) is 11.3 Å². The Morgan fingerprint density at radius 3 is 2.68 bits per heavy atom. The van der Waals surface area contributed by atoms with Crippen LogP contribution in [0.2, 0.25) is 5.02 Å². The van der Waals surface area contributed by atoms with Crippen molar-refractivity contribution >= 4 is 17.5 Å². The number of nitrogens with one attached hydrogen (secondary N) is 1. The molecule has 3 aromatic rings. The maximum absolute atomic E-state index is 12.0. The van der Waals surface area contributed by atoms with Crippen LogP contribution >= 0.6 is 11.6 Å². The van der Waals surface area contributed by atoms with Crippen LogP contribution in [0.15, 0.2) is 65.2 Å². The van der Waals surface area contributed by atoms with Crippen molar-refractivity contribution < 1.29 is 9.32 Å². The number of benzene rings is 2. The van der Waals surface area contributed by atoms with E-state index in [1.54, 1.807) is 24.3 Å². The molecular formula is C17H13ClN2O2. The summed E-state index contributed by atoms with van der Waals surface area (Å²) in [4.78, 5) is 12.0. The zero-order chi connectivity index (χ0) is 15.4. The first-order chi connectivity index (χ1) is 10.7. The molecule has 0 fully saturated rings. The SMILES string of the molecule is O=C(NCc1cc(-c2ccccc2)no1)c1cccc(Cl)c1. The summed E-state index contributed by atoms with van der Waals surface area (Å²) < 4.78 is 5.24. The van der Waals surface area contributed by atoms with E-state index in [1.165, 1.54) is 0 Å². The average Bonchev–Trinajstić information content (AvgIpc) is 3.02. The summed E-state index contributed by atoms with van der Waals surface area (Å²) in [7, 11) is 0. The van der Waals surface area contributed by atoms with Gasteiger partial charge in [0.05, 0.1) is 6.54 Å². The van der Waals surface area contributed by atoms with Gasteiger partial charge in [0.25, 0.3) is 5.91 Å². The van der Waals surface area contributed by atoms with E-state index in [0.29, 0.717) is 16.3 Å². The Kier molecular flexibility index (Phi) is 4.21. The third-order valence-corrected chi connectivity index (χ3v) is 3.37. The van der Waals surface area contributed by atoms with Crippen LogP contribution in [0.5, 0.6) is 0 Å². The van der Waals surface area contributed by atoms with Gasteiger partial charge in [-0.3, -0.25) is 4.79 Å². The van der Waals surface area contributed by atoms with E-state index in [-0.39, 0.29) is 12.5 Å². The van der Waals surface area contributed by atoms with E-state index in [2.05, 4.69) is 10.5 Å². The quantitative estimate of drug-likeness (QED) is 0.794. The second-order valence-corrected chi connectivity index (χ2v) is 5.17. The van der Waals surface area contributed by atoms with Gasteiger partial charge in [-0.25, -0.2) is 0 Å². The molecule has 0 unspecified atom stereocenters. The third-order valence-electron chi connectivity index (χ3n) is 3.14. The summed E-state index contributed by atoms with van der Waals surface area (Å²) in [6, 6.07) is 18.3. The van der Waals surface area contributed by atoms with E-state index in [9.17, 15) is 4.79 Å². The van der Waals surface area contributed by atoms with Crippen molar-refractivity contribution in [2.45, 2.75) is 6.54 Å². The van der Waals surface area contributed by atoms with E-state index in [4.69, 9.17) is 16.1 Å². The van der Waals surface area contributed by atoms with Gasteiger partial charge in [-0.2, -0.15) is 0 Å². The fourth-order valence-corrected chi connectivity index (χ4v) is 2.23. The Morgan fingerprint density at radius 2 is 1.91 bits per heavy atom. The first-order valence-corrected chi connectivity index (χ1v) is 7.15. The van der Waals surface area contributed by atoms with Crippen molar-refractivity contribution in [1.82, 2.24) is 10.5 Å². The summed E-state index contributed by atoms with van der Waals surface area (Å²) in [6.07, 6.45) is 0. The lowest BCUT2D eigenvalue weighted by Gasteiger charge is -2.02. The van der Waals surface area contributed by atoms with Crippen LogP contribution in [0.25, 0.3) is 11.3 Å². The molecule has 110 valence electrons. The van der Waals surface area contributed by atoms with Crippen LogP contribution in [0.3, 0.4) is 0 Å². The number of amides is 1. The van der Waals surface area contributed by atoms with Gasteiger partial charge in [-0.05, 0) is 18.2 Å². The molecular weight excluding hydrogens is 300 g/mol. The second-order valence-electron chi connectivity index (χ2n) is 4.74. The zero-order valence-electron chi connectivity index (χ0n) is 11.6. The molecule has 1 heterocycles. The lowest BCUT2D eigenvalue weighted by Crippen LogP contribution is -2.22. The summed E-state index contributed by atoms with van der Waals surface area (Å²) >= 11 is 5.87. The molecule has 0 aliphatic heterocycles. The maximum atomic E-state index is 12.0. The molecule has 22 heavy (non-hydrogen) atoms. The molecule has 1 amide bonds. The molecule has 1 aromatic heterocycles. The molecule has 1 N–H and O–H groups in total. The first-order valence-electron chi connectivity index (χ1n) is 6.77. The normalized spacial score (nSPS) is 10.4. The van der Waals surface area contributed by atoms with Gasteiger partial charge in [-0.1, -0.05) is 53.2 Å². The van der Waals surface area contributed by atoms with Crippen LogP contribution in [0.4, 0.5) is 0 Å². The number of nitrogens with zero attached hydrogens (tertiary/aromatic N) is 1. The van der Waals surface area contributed by atoms with Gasteiger partial charge in [0.2, 0.25) is 0 Å². The standard InChI is InChI=1S/C17H13ClN2O2/c18-14-8-4-7-13(9-14)17(21)19-11-15-10-16(20-22-15)12-5-2-1-3-6-12/h1-10H,11H2,(H,19,21). The highest BCUT2D eigenvalue weighted by atomic mass is 35.5. The molecule has 0 aliphatic rings. The summed E-state index contributed by atoms with van der Waals surface area (Å²) in [5.41, 5.74) is 2.22. The van der Waals surface area contributed by atoms with Crippen molar-refractivity contribution in [3.63, 3.8) is 0 Å². The molecule has 0 saturated heterocycles. The highest BCUT2D eigenvalue weighted by Gasteiger charge is 2.09. The Labute approximate surface area is 132 Å². The van der Waals surface area contributed by atoms with Crippen molar-refractivity contribution in [2.75, 3.05) is 0 Å². The Balaban J connectivity index is 1.65. The summed E-state index contributed by atoms with van der Waals surface area (Å²) in [5, 5.41) is 7.31. The Hall–Kier alpha value is -2.59. The lowest BCUT2D eigenvalue weighted by molar-refractivity contribution is 0.0947. The molecule has 2 aromatic carbocycles. The zero-order valence-corrected chi connectivity index (χ0v) is 12.4. The smallest absolute Gasteiger partial charge is 0.251 e. The minimum absolute atomic E-state index is 0.208. The first kappa shape index (κ1) is 14.4. The Morgan fingerprint density at radius 1 is 1.09 bits per heavy atom. The van der Waals surface area contributed by atoms with Gasteiger partial charge < -0.3 is 9.84 Å². The second kappa shape index (κ2) is 6.45. The number of aromatic nitrogens is 1. The minimum atomic E-state index is -0.208. The molecule has 0 radical (unpaired) electrons. The largest absolute Gasteiger partial charge is 0.359 e. The van der Waals surface area contributed by atoms with E-state index in [0.717, 1.165) is 11.3 Å². The number of hydrogen-bond donors (Lipinski definition) is 1. The van der Waals surface area contributed by atoms with E-state index in [1.807, 2.05) is 36.4 Å². The van der Waals surface area contributed by atoms with E-state index < -0.39 is 0 Å². The van der Waals surface area contributed by atoms with Crippen LogP contribution in [0.1, 0.15) is 16.1 Å². The van der Waals surface area contributed by atoms with Gasteiger partial charge in [0.15, 0.2) is 5.76 Å². The lowest BCUT2D eigenvalue weighted by atomic mass is 10.1. The minimum Gasteiger partial charge on any atom is -0.359 e. The van der Waals surface area contributed by atoms with Crippen LogP contribution in [-0.2, 0) is 6.54 Å². The number of carbonyl (C=O) groups excluding carboxylic acids is 1. The topological polar surface area (TPSA) is 55.1 Å². The van der Waals surface area contributed by atoms with Crippen molar-refractivity contribution in [3.05, 3.63) is 77.0 Å². The monoisotopic (exact) mass is 312 g/mol. The van der Waals surface area contributed by atoms with Gasteiger partial charge in [-0.15, -0.1) is 0 Å². The average molecular weight is 313 g/mol. The molecule has 4 nitrogen and oxygen atoms in total. The number of hydrogen-bond acceptors (Lipinski definition) is 3. The number of carbonyl (C=O) groups is 1. The van der Waals surface area contributed by atoms with Crippen molar-refractivity contribution in [1.29, 1.82) is 0 Å². The molecule has 5 heteroatoms. The molecule has 0 saturated carbocycles. The third kappa shape index (κ3) is 3.35. The summed E-state index contributed by atoms with van der Waals surface area (Å²) in [6.45, 7) is 0.269. The highest BCUT2D eigenvalue weighted by Crippen LogP contribution is 2.18. The van der Waals surface area contributed by atoms with Gasteiger partial charge >= 0.3 is 0 Å². The number of halogens is 1. The molecule has 3 rings (SSSR count). The van der Waals surface area contributed by atoms with Crippen LogP contribution in [-0.4, -0.2) is 11.1 Å². The fraction of sp³-hybridized carbons (Fsp3) is 0.0588. The predicted octanol–water partition coefficient (Wildman–Crippen LogP) is 3.93. The van der Waals surface area contributed by atoms with Crippen molar-refractivity contribution in [2.24, 2.45) is 0 Å². The van der Waals surface area contributed by atoms with E-state index >= 15 is 0 Å². The molecule has 0 atom stereocenters. The number of rotatable bonds is 4. The summed E-state index contributed by atoms with van der Waals surface area (Å²) in [5.74, 6) is 0.384. The molecule has 0 spiro atoms. The molecule has 0 aliphatic carbocycles. The highest BCUT2D eigenvalue weighted by molar-refractivity contribution is 6.30. The van der Waals surface area contributed by atoms with Gasteiger partial charge in [0.1, 0.15) is 5.69 Å². The maximum Gasteiger partial charge on any atom is 0.251 e. The predicted molar refractivity (Wildman–Crippen MR) is 84.6 cm³/mol. The molecule has 0 bridgehead atoms.